The maximum absolute atomic E-state index is 13.1. The minimum atomic E-state index is -0.397. The number of benzene rings is 3. The molecule has 3 aromatic carbocycles. The van der Waals surface area contributed by atoms with Crippen molar-refractivity contribution < 1.29 is 24.1 Å². The summed E-state index contributed by atoms with van der Waals surface area (Å²) in [6.07, 6.45) is 2.46. The highest BCUT2D eigenvalue weighted by molar-refractivity contribution is 7.20. The van der Waals surface area contributed by atoms with Gasteiger partial charge in [-0.05, 0) is 64.9 Å². The Labute approximate surface area is 218 Å². The number of thiophene rings is 1. The summed E-state index contributed by atoms with van der Waals surface area (Å²) < 4.78 is 17.4. The molecule has 0 fully saturated rings. The summed E-state index contributed by atoms with van der Waals surface area (Å²) in [5, 5.41) is 15.0. The van der Waals surface area contributed by atoms with Crippen molar-refractivity contribution >= 4 is 38.2 Å². The number of para-hydroxylation sites is 1. The number of rotatable bonds is 9. The molecule has 1 amide bonds. The molecule has 0 radical (unpaired) electrons. The van der Waals surface area contributed by atoms with Gasteiger partial charge < -0.3 is 29.6 Å². The Hall–Kier alpha value is -4.01. The van der Waals surface area contributed by atoms with E-state index in [1.807, 2.05) is 66.9 Å². The fourth-order valence-corrected chi connectivity index (χ4v) is 5.51. The molecule has 2 heterocycles. The quantitative estimate of drug-likeness (QED) is 0.244. The summed E-state index contributed by atoms with van der Waals surface area (Å²) in [4.78, 5) is 16.9. The van der Waals surface area contributed by atoms with Gasteiger partial charge in [0.25, 0.3) is 5.91 Å². The Morgan fingerprint density at radius 1 is 0.973 bits per heavy atom. The predicted octanol–water partition coefficient (Wildman–Crippen LogP) is 5.41. The van der Waals surface area contributed by atoms with Gasteiger partial charge in [-0.2, -0.15) is 0 Å². The summed E-state index contributed by atoms with van der Waals surface area (Å²) >= 11 is 1.42. The van der Waals surface area contributed by atoms with Crippen LogP contribution in [0.3, 0.4) is 0 Å². The van der Waals surface area contributed by atoms with Crippen LogP contribution in [0.2, 0.25) is 0 Å². The van der Waals surface area contributed by atoms with Gasteiger partial charge >= 0.3 is 0 Å². The molecule has 5 rings (SSSR count). The molecule has 0 saturated heterocycles. The van der Waals surface area contributed by atoms with Crippen molar-refractivity contribution in [2.75, 3.05) is 27.9 Å². The van der Waals surface area contributed by atoms with E-state index in [9.17, 15) is 9.90 Å². The first kappa shape index (κ1) is 24.7. The molecule has 0 aliphatic heterocycles. The van der Waals surface area contributed by atoms with E-state index in [1.54, 1.807) is 21.3 Å². The Kier molecular flexibility index (Phi) is 7.03. The smallest absolute Gasteiger partial charge is 0.261 e. The minimum Gasteiger partial charge on any atom is -0.493 e. The average Bonchev–Trinajstić information content (AvgIpc) is 3.55. The zero-order valence-electron chi connectivity index (χ0n) is 20.8. The van der Waals surface area contributed by atoms with Gasteiger partial charge in [-0.15, -0.1) is 11.3 Å². The van der Waals surface area contributed by atoms with Gasteiger partial charge in [0.15, 0.2) is 11.5 Å². The largest absolute Gasteiger partial charge is 0.493 e. The fraction of sp³-hybridized carbons (Fsp3) is 0.207. The molecule has 0 aliphatic rings. The lowest BCUT2D eigenvalue weighted by molar-refractivity contribution is 0.0921. The number of carbonyl (C=O) groups excluding carboxylic acids is 1. The second-order valence-electron chi connectivity index (χ2n) is 8.69. The Morgan fingerprint density at radius 3 is 2.43 bits per heavy atom. The second kappa shape index (κ2) is 10.5. The molecule has 7 nitrogen and oxygen atoms in total. The number of hydrogen-bond donors (Lipinski definition) is 3. The van der Waals surface area contributed by atoms with Crippen LogP contribution in [0.25, 0.3) is 32.1 Å². The second-order valence-corrected chi connectivity index (χ2v) is 9.78. The van der Waals surface area contributed by atoms with Crippen LogP contribution < -0.4 is 19.5 Å². The number of carbonyl (C=O) groups is 1. The van der Waals surface area contributed by atoms with E-state index >= 15 is 0 Å². The van der Waals surface area contributed by atoms with Crippen LogP contribution >= 0.6 is 11.3 Å². The third-order valence-corrected chi connectivity index (χ3v) is 7.55. The monoisotopic (exact) mass is 516 g/mol. The lowest BCUT2D eigenvalue weighted by Crippen LogP contribution is -2.38. The standard InChI is InChI=1S/C29H28N2O5S/c1-34-24-12-18(13-25(35-2)28(24)36-3)17-8-9-26-19(10-17)14-27(37-26)29(33)31-21(16-32)11-20-15-30-23-7-5-4-6-22(20)23/h4-10,12-15,21,30,32H,11,16H2,1-3H3,(H,31,33)/t21-/m1/s1. The molecule has 0 spiro atoms. The molecule has 3 N–H and O–H groups in total. The molecule has 5 aromatic rings. The van der Waals surface area contributed by atoms with Gasteiger partial charge in [0.2, 0.25) is 5.75 Å². The van der Waals surface area contributed by atoms with Gasteiger partial charge in [-0.25, -0.2) is 0 Å². The zero-order valence-corrected chi connectivity index (χ0v) is 21.6. The van der Waals surface area contributed by atoms with E-state index in [1.165, 1.54) is 11.3 Å². The normalized spacial score (nSPS) is 12.0. The molecule has 37 heavy (non-hydrogen) atoms. The predicted molar refractivity (Wildman–Crippen MR) is 147 cm³/mol. The highest BCUT2D eigenvalue weighted by Gasteiger charge is 2.19. The summed E-state index contributed by atoms with van der Waals surface area (Å²) in [6.45, 7) is -0.151. The Morgan fingerprint density at radius 2 is 1.73 bits per heavy atom. The van der Waals surface area contributed by atoms with E-state index in [-0.39, 0.29) is 12.5 Å². The van der Waals surface area contributed by atoms with E-state index < -0.39 is 6.04 Å². The third-order valence-electron chi connectivity index (χ3n) is 6.43. The SMILES string of the molecule is COc1cc(-c2ccc3sc(C(=O)N[C@@H](CO)Cc4c[nH]c5ccccc45)cc3c2)cc(OC)c1OC. The van der Waals surface area contributed by atoms with E-state index in [0.717, 1.165) is 37.7 Å². The van der Waals surface area contributed by atoms with Crippen molar-refractivity contribution in [1.29, 1.82) is 0 Å². The van der Waals surface area contributed by atoms with Crippen molar-refractivity contribution in [2.45, 2.75) is 12.5 Å². The van der Waals surface area contributed by atoms with Gasteiger partial charge in [-0.1, -0.05) is 24.3 Å². The number of aromatic amines is 1. The molecule has 0 saturated carbocycles. The first-order valence-electron chi connectivity index (χ1n) is 11.8. The number of fused-ring (bicyclic) bond motifs is 2. The molecule has 0 unspecified atom stereocenters. The summed E-state index contributed by atoms with van der Waals surface area (Å²) in [5.74, 6) is 1.49. The van der Waals surface area contributed by atoms with Crippen molar-refractivity contribution in [2.24, 2.45) is 0 Å². The van der Waals surface area contributed by atoms with Crippen LogP contribution in [-0.4, -0.2) is 50.0 Å². The summed E-state index contributed by atoms with van der Waals surface area (Å²) in [6, 6.07) is 19.3. The molecule has 0 aliphatic carbocycles. The molecular formula is C29H28N2O5S. The Balaban J connectivity index is 1.38. The minimum absolute atomic E-state index is 0.151. The molecule has 190 valence electrons. The van der Waals surface area contributed by atoms with Crippen LogP contribution in [0.15, 0.2) is 66.9 Å². The van der Waals surface area contributed by atoms with Crippen LogP contribution in [0.5, 0.6) is 17.2 Å². The number of methoxy groups -OCH3 is 3. The maximum atomic E-state index is 13.1. The maximum Gasteiger partial charge on any atom is 0.261 e. The molecular weight excluding hydrogens is 488 g/mol. The van der Waals surface area contributed by atoms with E-state index in [4.69, 9.17) is 14.2 Å². The van der Waals surface area contributed by atoms with Crippen molar-refractivity contribution in [1.82, 2.24) is 10.3 Å². The number of aliphatic hydroxyl groups excluding tert-OH is 1. The number of aromatic nitrogens is 1. The van der Waals surface area contributed by atoms with E-state index in [2.05, 4.69) is 10.3 Å². The van der Waals surface area contributed by atoms with Crippen molar-refractivity contribution in [3.8, 4) is 28.4 Å². The molecule has 1 atom stereocenters. The van der Waals surface area contributed by atoms with Crippen LogP contribution in [0.1, 0.15) is 15.2 Å². The van der Waals surface area contributed by atoms with Gasteiger partial charge in [0.1, 0.15) is 0 Å². The number of hydrogen-bond acceptors (Lipinski definition) is 6. The number of ether oxygens (including phenoxy) is 3. The van der Waals surface area contributed by atoms with Crippen molar-refractivity contribution in [3.63, 3.8) is 0 Å². The molecule has 2 aromatic heterocycles. The number of amides is 1. The highest BCUT2D eigenvalue weighted by Crippen LogP contribution is 2.42. The fourth-order valence-electron chi connectivity index (χ4n) is 4.57. The van der Waals surface area contributed by atoms with E-state index in [0.29, 0.717) is 28.5 Å². The first-order chi connectivity index (χ1) is 18.0. The van der Waals surface area contributed by atoms with Crippen LogP contribution in [0, 0.1) is 0 Å². The topological polar surface area (TPSA) is 92.8 Å². The van der Waals surface area contributed by atoms with Gasteiger partial charge in [0, 0.05) is 21.8 Å². The average molecular weight is 517 g/mol. The van der Waals surface area contributed by atoms with Gasteiger partial charge in [-0.3, -0.25) is 4.79 Å². The molecule has 0 bridgehead atoms. The zero-order chi connectivity index (χ0) is 25.9. The van der Waals surface area contributed by atoms with Crippen LogP contribution in [-0.2, 0) is 6.42 Å². The van der Waals surface area contributed by atoms with Gasteiger partial charge in [0.05, 0.1) is 38.9 Å². The lowest BCUT2D eigenvalue weighted by Gasteiger charge is -2.15. The number of aliphatic hydroxyl groups is 1. The van der Waals surface area contributed by atoms with Crippen molar-refractivity contribution in [3.05, 3.63) is 77.3 Å². The summed E-state index contributed by atoms with van der Waals surface area (Å²) in [7, 11) is 4.75. The molecule has 8 heteroatoms. The van der Waals surface area contributed by atoms with Crippen LogP contribution in [0.4, 0.5) is 0 Å². The first-order valence-corrected chi connectivity index (χ1v) is 12.7. The Bertz CT molecular complexity index is 1550. The third kappa shape index (κ3) is 4.85. The summed E-state index contributed by atoms with van der Waals surface area (Å²) in [5.41, 5.74) is 3.96. The number of H-pyrrole nitrogens is 1. The highest BCUT2D eigenvalue weighted by atomic mass is 32.1. The number of nitrogens with one attached hydrogen (secondary N) is 2. The lowest BCUT2D eigenvalue weighted by atomic mass is 10.0.